The highest BCUT2D eigenvalue weighted by Crippen LogP contribution is 2.40. The lowest BCUT2D eigenvalue weighted by molar-refractivity contribution is -0.145. The van der Waals surface area contributed by atoms with E-state index in [1.165, 1.54) is 0 Å². The number of piperidine rings is 1. The third-order valence-electron chi connectivity index (χ3n) is 11.3. The quantitative estimate of drug-likeness (QED) is 0.196. The predicted molar refractivity (Wildman–Crippen MR) is 193 cm³/mol. The van der Waals surface area contributed by atoms with Crippen LogP contribution in [0.5, 0.6) is 0 Å². The normalized spacial score (nSPS) is 23.7. The summed E-state index contributed by atoms with van der Waals surface area (Å²) >= 11 is 0. The van der Waals surface area contributed by atoms with E-state index in [-0.39, 0.29) is 60.4 Å². The number of alkyl halides is 6. The third kappa shape index (κ3) is 10.1. The average molecular weight is 776 g/mol. The summed E-state index contributed by atoms with van der Waals surface area (Å²) in [5, 5.41) is 9.31. The number of nitrogens with zero attached hydrogens (tertiary/aromatic N) is 5. The van der Waals surface area contributed by atoms with Gasteiger partial charge in [0.2, 0.25) is 11.9 Å². The minimum absolute atomic E-state index is 0.00497. The summed E-state index contributed by atoms with van der Waals surface area (Å²) < 4.78 is 89.4. The number of morpholine rings is 1. The Bertz CT molecular complexity index is 1710. The van der Waals surface area contributed by atoms with Crippen LogP contribution in [0.25, 0.3) is 0 Å². The van der Waals surface area contributed by atoms with E-state index in [1.54, 1.807) is 17.3 Å². The van der Waals surface area contributed by atoms with Crippen LogP contribution in [-0.2, 0) is 39.6 Å². The summed E-state index contributed by atoms with van der Waals surface area (Å²) in [6.45, 7) is 3.91. The highest BCUT2D eigenvalue weighted by Gasteiger charge is 2.44. The van der Waals surface area contributed by atoms with Gasteiger partial charge in [-0.15, -0.1) is 0 Å². The van der Waals surface area contributed by atoms with Crippen molar-refractivity contribution in [3.8, 4) is 0 Å². The van der Waals surface area contributed by atoms with Crippen molar-refractivity contribution in [2.24, 2.45) is 11.8 Å². The van der Waals surface area contributed by atoms with Gasteiger partial charge < -0.3 is 24.5 Å². The minimum Gasteiger partial charge on any atom is -0.481 e. The number of anilines is 2. The van der Waals surface area contributed by atoms with Crippen molar-refractivity contribution in [2.45, 2.75) is 102 Å². The first kappa shape index (κ1) is 40.3. The fraction of sp³-hybridized carbons (Fsp3) is 0.550. The molecule has 1 N–H and O–H groups in total. The van der Waals surface area contributed by atoms with Crippen molar-refractivity contribution in [2.75, 3.05) is 36.1 Å². The monoisotopic (exact) mass is 775 g/mol. The SMILES string of the molecule is CCC1C[C@@H](N(Cc2cc(C(F)(F)F)cc(C(F)(F)F)c2)c2ncc(N3CCOCC3)cn2)C[C@@H](Cc2ccccc2)N1C(=O)C1CCC(CC(=O)O)CC1. The number of hydrogen-bond donors (Lipinski definition) is 1. The number of carbonyl (C=O) groups excluding carboxylic acids is 1. The average Bonchev–Trinajstić information content (AvgIpc) is 3.16. The van der Waals surface area contributed by atoms with Crippen molar-refractivity contribution >= 4 is 23.5 Å². The second-order valence-corrected chi connectivity index (χ2v) is 15.0. The van der Waals surface area contributed by atoms with Gasteiger partial charge in [-0.25, -0.2) is 9.97 Å². The highest BCUT2D eigenvalue weighted by atomic mass is 19.4. The number of ether oxygens (including phenoxy) is 1. The number of carboxylic acid groups (broad SMARTS) is 1. The van der Waals surface area contributed by atoms with E-state index in [2.05, 4.69) is 9.97 Å². The molecule has 0 radical (unpaired) electrons. The molecule has 1 aromatic heterocycles. The Morgan fingerprint density at radius 3 is 2.02 bits per heavy atom. The molecule has 15 heteroatoms. The van der Waals surface area contributed by atoms with E-state index in [0.29, 0.717) is 77.7 Å². The molecule has 1 aliphatic carbocycles. The number of benzene rings is 2. The highest BCUT2D eigenvalue weighted by molar-refractivity contribution is 5.80. The Kier molecular flexibility index (Phi) is 12.6. The Morgan fingerprint density at radius 2 is 1.45 bits per heavy atom. The third-order valence-corrected chi connectivity index (χ3v) is 11.3. The summed E-state index contributed by atoms with van der Waals surface area (Å²) in [7, 11) is 0. The molecular weight excluding hydrogens is 728 g/mol. The van der Waals surface area contributed by atoms with Gasteiger partial charge in [0, 0.05) is 50.1 Å². The van der Waals surface area contributed by atoms with E-state index in [4.69, 9.17) is 4.74 Å². The van der Waals surface area contributed by atoms with Crippen LogP contribution in [0.15, 0.2) is 60.9 Å². The van der Waals surface area contributed by atoms with Crippen LogP contribution in [0.1, 0.15) is 80.5 Å². The molecule has 2 aliphatic heterocycles. The summed E-state index contributed by atoms with van der Waals surface area (Å²) in [6, 6.07) is 10.2. The zero-order chi connectivity index (χ0) is 39.3. The van der Waals surface area contributed by atoms with Crippen molar-refractivity contribution < 1.29 is 45.8 Å². The van der Waals surface area contributed by atoms with Gasteiger partial charge in [-0.2, -0.15) is 26.3 Å². The van der Waals surface area contributed by atoms with Crippen LogP contribution in [0, 0.1) is 11.8 Å². The van der Waals surface area contributed by atoms with Gasteiger partial charge in [-0.1, -0.05) is 37.3 Å². The number of rotatable bonds is 11. The lowest BCUT2D eigenvalue weighted by atomic mass is 9.78. The van der Waals surface area contributed by atoms with Gasteiger partial charge in [-0.05, 0) is 86.6 Å². The molecule has 0 bridgehead atoms. The number of halogens is 6. The Morgan fingerprint density at radius 1 is 0.855 bits per heavy atom. The maximum atomic E-state index is 14.5. The van der Waals surface area contributed by atoms with Gasteiger partial charge in [-0.3, -0.25) is 9.59 Å². The molecule has 3 heterocycles. The largest absolute Gasteiger partial charge is 0.481 e. The Balaban J connectivity index is 1.36. The lowest BCUT2D eigenvalue weighted by Gasteiger charge is -2.49. The molecule has 3 aromatic rings. The summed E-state index contributed by atoms with van der Waals surface area (Å²) in [5.74, 6) is -0.934. The molecule has 298 valence electrons. The molecule has 3 fully saturated rings. The number of amides is 1. The predicted octanol–water partition coefficient (Wildman–Crippen LogP) is 8.02. The maximum absolute atomic E-state index is 14.5. The number of aromatic nitrogens is 2. The Labute approximate surface area is 316 Å². The molecule has 1 saturated carbocycles. The summed E-state index contributed by atoms with van der Waals surface area (Å²) in [4.78, 5) is 40.9. The van der Waals surface area contributed by atoms with E-state index in [0.717, 1.165) is 23.4 Å². The molecule has 9 nitrogen and oxygen atoms in total. The van der Waals surface area contributed by atoms with Gasteiger partial charge in [0.15, 0.2) is 0 Å². The lowest BCUT2D eigenvalue weighted by Crippen LogP contribution is -2.59. The molecule has 0 spiro atoms. The molecule has 3 aliphatic rings. The number of aliphatic carboxylic acids is 1. The molecule has 2 aromatic carbocycles. The smallest absolute Gasteiger partial charge is 0.416 e. The summed E-state index contributed by atoms with van der Waals surface area (Å²) in [6.07, 6.45) is -2.46. The fourth-order valence-electron chi connectivity index (χ4n) is 8.48. The zero-order valence-corrected chi connectivity index (χ0v) is 30.7. The van der Waals surface area contributed by atoms with E-state index >= 15 is 0 Å². The maximum Gasteiger partial charge on any atom is 0.416 e. The molecule has 3 atom stereocenters. The standard InChI is InChI=1S/C40H47F6N5O4/c1-2-32-21-33(22-34(18-26-6-4-3-5-7-26)51(32)37(54)29-10-8-27(9-11-29)19-36(52)53)50(38-47-23-35(24-48-38)49-12-14-55-15-13-49)25-28-16-30(39(41,42)43)20-31(17-28)40(44,45)46/h3-7,16-17,20,23-24,27,29,32-34H,2,8-15,18-19,21-22,25H2,1H3,(H,52,53)/t27?,29?,32?,33-,34-/m1/s1. The zero-order valence-electron chi connectivity index (χ0n) is 30.7. The fourth-order valence-corrected chi connectivity index (χ4v) is 8.48. The number of hydrogen-bond acceptors (Lipinski definition) is 7. The molecule has 2 saturated heterocycles. The number of carbonyl (C=O) groups is 2. The molecule has 1 amide bonds. The minimum atomic E-state index is -5.01. The molecule has 1 unspecified atom stereocenters. The first-order chi connectivity index (χ1) is 26.2. The van der Waals surface area contributed by atoms with Crippen LogP contribution in [0.4, 0.5) is 38.0 Å². The van der Waals surface area contributed by atoms with E-state index in [9.17, 15) is 41.0 Å². The van der Waals surface area contributed by atoms with Gasteiger partial charge in [0.25, 0.3) is 0 Å². The van der Waals surface area contributed by atoms with Crippen LogP contribution >= 0.6 is 0 Å². The second-order valence-electron chi connectivity index (χ2n) is 15.0. The first-order valence-electron chi connectivity index (χ1n) is 19.0. The Hall–Kier alpha value is -4.40. The molecular formula is C40H47F6N5O4. The molecule has 6 rings (SSSR count). The number of carboxylic acids is 1. The first-order valence-corrected chi connectivity index (χ1v) is 19.0. The van der Waals surface area contributed by atoms with Crippen molar-refractivity contribution in [1.29, 1.82) is 0 Å². The van der Waals surface area contributed by atoms with Crippen molar-refractivity contribution in [1.82, 2.24) is 14.9 Å². The topological polar surface area (TPSA) is 99.1 Å². The van der Waals surface area contributed by atoms with Gasteiger partial charge >= 0.3 is 18.3 Å². The van der Waals surface area contributed by atoms with Gasteiger partial charge in [0.05, 0.1) is 42.4 Å². The van der Waals surface area contributed by atoms with Crippen LogP contribution in [0.2, 0.25) is 0 Å². The molecule has 55 heavy (non-hydrogen) atoms. The van der Waals surface area contributed by atoms with Crippen molar-refractivity contribution in [3.63, 3.8) is 0 Å². The van der Waals surface area contributed by atoms with Crippen LogP contribution in [-0.4, -0.2) is 76.3 Å². The van der Waals surface area contributed by atoms with E-state index in [1.807, 2.05) is 47.1 Å². The summed E-state index contributed by atoms with van der Waals surface area (Å²) in [5.41, 5.74) is -1.28. The van der Waals surface area contributed by atoms with Gasteiger partial charge in [0.1, 0.15) is 0 Å². The van der Waals surface area contributed by atoms with E-state index < -0.39 is 35.5 Å². The number of likely N-dealkylation sites (tertiary alicyclic amines) is 1. The van der Waals surface area contributed by atoms with Crippen molar-refractivity contribution in [3.05, 3.63) is 83.2 Å². The second kappa shape index (κ2) is 17.2. The van der Waals surface area contributed by atoms with Crippen LogP contribution < -0.4 is 9.80 Å². The van der Waals surface area contributed by atoms with Crippen LogP contribution in [0.3, 0.4) is 0 Å².